The van der Waals surface area contributed by atoms with Gasteiger partial charge in [0.2, 0.25) is 0 Å². The Labute approximate surface area is 98.5 Å². The molecule has 0 aliphatic heterocycles. The number of methoxy groups -OCH3 is 1. The van der Waals surface area contributed by atoms with Crippen LogP contribution in [0.2, 0.25) is 0 Å². The summed E-state index contributed by atoms with van der Waals surface area (Å²) in [5, 5.41) is 3.01. The fourth-order valence-electron chi connectivity index (χ4n) is 1.58. The summed E-state index contributed by atoms with van der Waals surface area (Å²) in [6, 6.07) is 5.56. The SMILES string of the molecule is CNc1cccc(-c2ncc(F)cn2)c1OC. The summed E-state index contributed by atoms with van der Waals surface area (Å²) in [7, 11) is 3.37. The third-order valence-electron chi connectivity index (χ3n) is 2.35. The van der Waals surface area contributed by atoms with Crippen LogP contribution < -0.4 is 10.1 Å². The number of hydrogen-bond donors (Lipinski definition) is 1. The quantitative estimate of drug-likeness (QED) is 0.883. The lowest BCUT2D eigenvalue weighted by molar-refractivity contribution is 0.418. The van der Waals surface area contributed by atoms with Gasteiger partial charge in [-0.15, -0.1) is 0 Å². The molecule has 0 aliphatic carbocycles. The Hall–Kier alpha value is -2.17. The molecule has 1 heterocycles. The molecule has 0 atom stereocenters. The first-order valence-electron chi connectivity index (χ1n) is 5.09. The van der Waals surface area contributed by atoms with E-state index in [2.05, 4.69) is 15.3 Å². The number of halogens is 1. The topological polar surface area (TPSA) is 47.0 Å². The number of para-hydroxylation sites is 1. The van der Waals surface area contributed by atoms with Crippen LogP contribution in [0.25, 0.3) is 11.4 Å². The maximum atomic E-state index is 12.8. The Kier molecular flexibility index (Phi) is 3.18. The van der Waals surface area contributed by atoms with Crippen molar-refractivity contribution >= 4 is 5.69 Å². The fourth-order valence-corrected chi connectivity index (χ4v) is 1.58. The number of hydrogen-bond acceptors (Lipinski definition) is 4. The van der Waals surface area contributed by atoms with Gasteiger partial charge in [0.25, 0.3) is 0 Å². The standard InChI is InChI=1S/C12H12FN3O/c1-14-10-5-3-4-9(11(10)17-2)12-15-6-8(13)7-16-12/h3-7,14H,1-2H3. The van der Waals surface area contributed by atoms with Crippen LogP contribution in [0, 0.1) is 5.82 Å². The second-order valence-electron chi connectivity index (χ2n) is 3.36. The molecule has 0 aliphatic rings. The molecule has 17 heavy (non-hydrogen) atoms. The van der Waals surface area contributed by atoms with Gasteiger partial charge in [0, 0.05) is 7.05 Å². The van der Waals surface area contributed by atoms with Crippen LogP contribution in [0.5, 0.6) is 5.75 Å². The number of benzene rings is 1. The summed E-state index contributed by atoms with van der Waals surface area (Å²) in [4.78, 5) is 7.88. The van der Waals surface area contributed by atoms with Crippen LogP contribution in [0.15, 0.2) is 30.6 Å². The van der Waals surface area contributed by atoms with Gasteiger partial charge in [-0.2, -0.15) is 0 Å². The van der Waals surface area contributed by atoms with Crippen molar-refractivity contribution in [2.75, 3.05) is 19.5 Å². The van der Waals surface area contributed by atoms with Gasteiger partial charge in [-0.25, -0.2) is 14.4 Å². The number of nitrogens with zero attached hydrogens (tertiary/aromatic N) is 2. The molecule has 1 aromatic heterocycles. The molecule has 2 aromatic rings. The minimum absolute atomic E-state index is 0.431. The van der Waals surface area contributed by atoms with Gasteiger partial charge in [-0.3, -0.25) is 0 Å². The van der Waals surface area contributed by atoms with Crippen molar-refractivity contribution in [1.82, 2.24) is 9.97 Å². The normalized spacial score (nSPS) is 10.1. The van der Waals surface area contributed by atoms with Gasteiger partial charge < -0.3 is 10.1 Å². The molecule has 0 saturated carbocycles. The first kappa shape index (κ1) is 11.3. The molecule has 0 bridgehead atoms. The second-order valence-corrected chi connectivity index (χ2v) is 3.36. The smallest absolute Gasteiger partial charge is 0.163 e. The summed E-state index contributed by atoms with van der Waals surface area (Å²) < 4.78 is 18.1. The Bertz CT molecular complexity index is 514. The summed E-state index contributed by atoms with van der Waals surface area (Å²) in [6.45, 7) is 0. The molecule has 5 heteroatoms. The van der Waals surface area contributed by atoms with Crippen LogP contribution in [0.4, 0.5) is 10.1 Å². The first-order valence-corrected chi connectivity index (χ1v) is 5.09. The van der Waals surface area contributed by atoms with Crippen LogP contribution in [0.3, 0.4) is 0 Å². The Morgan fingerprint density at radius 3 is 2.53 bits per heavy atom. The lowest BCUT2D eigenvalue weighted by atomic mass is 10.1. The molecule has 0 spiro atoms. The van der Waals surface area contributed by atoms with E-state index in [1.807, 2.05) is 18.2 Å². The maximum absolute atomic E-state index is 12.8. The minimum Gasteiger partial charge on any atom is -0.494 e. The highest BCUT2D eigenvalue weighted by Gasteiger charge is 2.11. The zero-order valence-corrected chi connectivity index (χ0v) is 9.57. The Morgan fingerprint density at radius 1 is 1.24 bits per heavy atom. The van der Waals surface area contributed by atoms with Crippen LogP contribution in [-0.4, -0.2) is 24.1 Å². The van der Waals surface area contributed by atoms with E-state index < -0.39 is 5.82 Å². The van der Waals surface area contributed by atoms with E-state index in [0.717, 1.165) is 23.6 Å². The van der Waals surface area contributed by atoms with Gasteiger partial charge in [-0.05, 0) is 12.1 Å². The molecular weight excluding hydrogens is 221 g/mol. The molecule has 0 radical (unpaired) electrons. The summed E-state index contributed by atoms with van der Waals surface area (Å²) in [5.74, 6) is 0.611. The van der Waals surface area contributed by atoms with Crippen molar-refractivity contribution in [2.24, 2.45) is 0 Å². The number of anilines is 1. The average molecular weight is 233 g/mol. The summed E-state index contributed by atoms with van der Waals surface area (Å²) in [5.41, 5.74) is 1.55. The summed E-state index contributed by atoms with van der Waals surface area (Å²) >= 11 is 0. The van der Waals surface area contributed by atoms with Gasteiger partial charge in [0.05, 0.1) is 30.8 Å². The van der Waals surface area contributed by atoms with E-state index in [-0.39, 0.29) is 0 Å². The zero-order chi connectivity index (χ0) is 12.3. The molecular formula is C12H12FN3O. The average Bonchev–Trinajstić information content (AvgIpc) is 2.38. The molecule has 0 fully saturated rings. The van der Waals surface area contributed by atoms with Crippen molar-refractivity contribution in [3.8, 4) is 17.1 Å². The third kappa shape index (κ3) is 2.18. The highest BCUT2D eigenvalue weighted by Crippen LogP contribution is 2.34. The van der Waals surface area contributed by atoms with Crippen molar-refractivity contribution in [2.45, 2.75) is 0 Å². The molecule has 2 rings (SSSR count). The van der Waals surface area contributed by atoms with Gasteiger partial charge in [0.1, 0.15) is 0 Å². The third-order valence-corrected chi connectivity index (χ3v) is 2.35. The maximum Gasteiger partial charge on any atom is 0.163 e. The van der Waals surface area contributed by atoms with Crippen molar-refractivity contribution < 1.29 is 9.13 Å². The predicted molar refractivity (Wildman–Crippen MR) is 63.5 cm³/mol. The van der Waals surface area contributed by atoms with Crippen molar-refractivity contribution in [1.29, 1.82) is 0 Å². The fraction of sp³-hybridized carbons (Fsp3) is 0.167. The second kappa shape index (κ2) is 4.78. The molecule has 0 unspecified atom stereocenters. The van der Waals surface area contributed by atoms with E-state index in [1.165, 1.54) is 0 Å². The van der Waals surface area contributed by atoms with Crippen molar-refractivity contribution in [3.05, 3.63) is 36.4 Å². The Morgan fingerprint density at radius 2 is 1.94 bits per heavy atom. The number of aromatic nitrogens is 2. The predicted octanol–water partition coefficient (Wildman–Crippen LogP) is 2.33. The van der Waals surface area contributed by atoms with Gasteiger partial charge in [0.15, 0.2) is 17.4 Å². The zero-order valence-electron chi connectivity index (χ0n) is 9.57. The lowest BCUT2D eigenvalue weighted by Crippen LogP contribution is -1.98. The molecule has 1 N–H and O–H groups in total. The highest BCUT2D eigenvalue weighted by molar-refractivity contribution is 5.74. The lowest BCUT2D eigenvalue weighted by Gasteiger charge is -2.11. The van der Waals surface area contributed by atoms with E-state index in [9.17, 15) is 4.39 Å². The monoisotopic (exact) mass is 233 g/mol. The molecule has 0 saturated heterocycles. The highest BCUT2D eigenvalue weighted by atomic mass is 19.1. The van der Waals surface area contributed by atoms with E-state index in [4.69, 9.17) is 4.74 Å². The Balaban J connectivity index is 2.54. The molecule has 88 valence electrons. The largest absolute Gasteiger partial charge is 0.494 e. The summed E-state index contributed by atoms with van der Waals surface area (Å²) in [6.07, 6.45) is 2.27. The number of rotatable bonds is 3. The van der Waals surface area contributed by atoms with Crippen LogP contribution in [0.1, 0.15) is 0 Å². The van der Waals surface area contributed by atoms with Crippen LogP contribution >= 0.6 is 0 Å². The van der Waals surface area contributed by atoms with Gasteiger partial charge >= 0.3 is 0 Å². The molecule has 0 amide bonds. The van der Waals surface area contributed by atoms with Crippen molar-refractivity contribution in [3.63, 3.8) is 0 Å². The first-order chi connectivity index (χ1) is 8.26. The van der Waals surface area contributed by atoms with E-state index in [0.29, 0.717) is 11.6 Å². The van der Waals surface area contributed by atoms with E-state index in [1.54, 1.807) is 14.2 Å². The number of nitrogens with one attached hydrogen (secondary N) is 1. The number of ether oxygens (including phenoxy) is 1. The minimum atomic E-state index is -0.461. The molecule has 1 aromatic carbocycles. The van der Waals surface area contributed by atoms with E-state index >= 15 is 0 Å². The van der Waals surface area contributed by atoms with Crippen LogP contribution in [-0.2, 0) is 0 Å². The molecule has 4 nitrogen and oxygen atoms in total. The van der Waals surface area contributed by atoms with Gasteiger partial charge in [-0.1, -0.05) is 6.07 Å².